The summed E-state index contributed by atoms with van der Waals surface area (Å²) in [6.07, 6.45) is 1.62. The first-order valence-electron chi connectivity index (χ1n) is 10.3. The molecule has 3 amide bonds. The fourth-order valence-electron chi connectivity index (χ4n) is 3.18. The van der Waals surface area contributed by atoms with Gasteiger partial charge in [-0.2, -0.15) is 0 Å². The van der Waals surface area contributed by atoms with Gasteiger partial charge in [-0.05, 0) is 76.3 Å². The van der Waals surface area contributed by atoms with Crippen molar-refractivity contribution in [2.24, 2.45) is 0 Å². The fraction of sp³-hybridized carbons (Fsp3) is 0.0800. The van der Waals surface area contributed by atoms with Gasteiger partial charge in [0, 0.05) is 10.6 Å². The average Bonchev–Trinajstić information content (AvgIpc) is 3.08. The molecule has 0 radical (unpaired) electrons. The molecule has 6 nitrogen and oxygen atoms in total. The molecule has 0 atom stereocenters. The quantitative estimate of drug-likeness (QED) is 0.226. The maximum Gasteiger partial charge on any atom is 0.294 e. The van der Waals surface area contributed by atoms with Crippen LogP contribution in [0.2, 0.25) is 10.0 Å². The molecule has 0 saturated carbocycles. The highest BCUT2D eigenvalue weighted by Gasteiger charge is 2.36. The van der Waals surface area contributed by atoms with Gasteiger partial charge >= 0.3 is 0 Å². The molecule has 0 unspecified atom stereocenters. The lowest BCUT2D eigenvalue weighted by Crippen LogP contribution is -2.36. The molecular formula is C25H17Cl2IN2O4S. The molecule has 1 fully saturated rings. The van der Waals surface area contributed by atoms with E-state index in [0.29, 0.717) is 28.1 Å². The number of halogens is 3. The zero-order chi connectivity index (χ0) is 24.9. The van der Waals surface area contributed by atoms with Crippen LogP contribution in [0.15, 0.2) is 71.6 Å². The lowest BCUT2D eigenvalue weighted by Gasteiger charge is -2.13. The second kappa shape index (κ2) is 11.5. The molecule has 1 aliphatic heterocycles. The minimum atomic E-state index is -0.525. The summed E-state index contributed by atoms with van der Waals surface area (Å²) in [5.41, 5.74) is 2.01. The van der Waals surface area contributed by atoms with E-state index in [1.165, 1.54) is 0 Å². The molecule has 0 spiro atoms. The maximum atomic E-state index is 12.8. The number of hydrogen-bond acceptors (Lipinski definition) is 5. The Morgan fingerprint density at radius 1 is 1.03 bits per heavy atom. The highest BCUT2D eigenvalue weighted by Crippen LogP contribution is 2.33. The number of nitrogens with one attached hydrogen (secondary N) is 1. The second-order valence-corrected chi connectivity index (χ2v) is 10.3. The van der Waals surface area contributed by atoms with Gasteiger partial charge in [-0.15, -0.1) is 0 Å². The van der Waals surface area contributed by atoms with Gasteiger partial charge in [0.1, 0.15) is 18.9 Å². The molecule has 1 heterocycles. The number of benzene rings is 3. The molecule has 4 rings (SSSR count). The van der Waals surface area contributed by atoms with Crippen LogP contribution in [0.5, 0.6) is 5.75 Å². The smallest absolute Gasteiger partial charge is 0.294 e. The Hall–Kier alpha value is -2.53. The molecule has 0 bridgehead atoms. The van der Waals surface area contributed by atoms with Crippen molar-refractivity contribution in [3.05, 3.63) is 96.4 Å². The molecule has 3 aromatic carbocycles. The Labute approximate surface area is 229 Å². The van der Waals surface area contributed by atoms with E-state index in [9.17, 15) is 14.4 Å². The number of anilines is 1. The number of para-hydroxylation sites is 1. The Morgan fingerprint density at radius 3 is 2.46 bits per heavy atom. The van der Waals surface area contributed by atoms with Gasteiger partial charge in [0.25, 0.3) is 11.1 Å². The summed E-state index contributed by atoms with van der Waals surface area (Å²) in [6.45, 7) is -0.0796. The number of amides is 3. The Kier molecular flexibility index (Phi) is 8.38. The summed E-state index contributed by atoms with van der Waals surface area (Å²) in [6, 6.07) is 19.6. The van der Waals surface area contributed by atoms with E-state index in [1.54, 1.807) is 42.5 Å². The van der Waals surface area contributed by atoms with Gasteiger partial charge in [0.05, 0.1) is 19.2 Å². The van der Waals surface area contributed by atoms with Gasteiger partial charge < -0.3 is 10.1 Å². The van der Waals surface area contributed by atoms with Crippen molar-refractivity contribution < 1.29 is 19.1 Å². The van der Waals surface area contributed by atoms with Gasteiger partial charge in [-0.1, -0.05) is 59.6 Å². The summed E-state index contributed by atoms with van der Waals surface area (Å²) in [4.78, 5) is 38.7. The number of hydrogen-bond donors (Lipinski definition) is 1. The molecule has 1 N–H and O–H groups in total. The van der Waals surface area contributed by atoms with E-state index < -0.39 is 23.6 Å². The topological polar surface area (TPSA) is 75.7 Å². The van der Waals surface area contributed by atoms with Gasteiger partial charge in [0.15, 0.2) is 0 Å². The summed E-state index contributed by atoms with van der Waals surface area (Å²) < 4.78 is 6.72. The molecule has 178 valence electrons. The SMILES string of the molecule is O=C(CN1C(=O)S/C(=C/c2ccc(OCc3ccccc3Cl)c(I)c2)C1=O)Nc1ccccc1Cl. The van der Waals surface area contributed by atoms with Crippen LogP contribution in [0.1, 0.15) is 11.1 Å². The van der Waals surface area contributed by atoms with Crippen LogP contribution in [-0.2, 0) is 16.2 Å². The fourth-order valence-corrected chi connectivity index (χ4v) is 5.09. The molecule has 1 aliphatic rings. The van der Waals surface area contributed by atoms with Gasteiger partial charge in [-0.3, -0.25) is 19.3 Å². The first-order chi connectivity index (χ1) is 16.8. The number of nitrogens with zero attached hydrogens (tertiary/aromatic N) is 1. The third-order valence-electron chi connectivity index (χ3n) is 4.92. The third kappa shape index (κ3) is 6.38. The molecule has 0 aromatic heterocycles. The second-order valence-electron chi connectivity index (χ2n) is 7.37. The normalized spacial score (nSPS) is 14.5. The zero-order valence-electron chi connectivity index (χ0n) is 18.0. The molecule has 1 saturated heterocycles. The number of rotatable bonds is 7. The van der Waals surface area contributed by atoms with Crippen LogP contribution in [0.25, 0.3) is 6.08 Å². The van der Waals surface area contributed by atoms with E-state index in [0.717, 1.165) is 31.4 Å². The van der Waals surface area contributed by atoms with Gasteiger partial charge in [0.2, 0.25) is 5.91 Å². The summed E-state index contributed by atoms with van der Waals surface area (Å²) in [5.74, 6) is -0.369. The minimum Gasteiger partial charge on any atom is -0.488 e. The number of imide groups is 1. The minimum absolute atomic E-state index is 0.237. The monoisotopic (exact) mass is 638 g/mol. The van der Waals surface area contributed by atoms with Gasteiger partial charge in [-0.25, -0.2) is 0 Å². The Morgan fingerprint density at radius 2 is 1.74 bits per heavy atom. The molecule has 0 aliphatic carbocycles. The molecule has 35 heavy (non-hydrogen) atoms. The number of thioether (sulfide) groups is 1. The van der Waals surface area contributed by atoms with E-state index in [2.05, 4.69) is 27.9 Å². The zero-order valence-corrected chi connectivity index (χ0v) is 22.5. The highest BCUT2D eigenvalue weighted by atomic mass is 127. The maximum absolute atomic E-state index is 12.8. The van der Waals surface area contributed by atoms with E-state index in [4.69, 9.17) is 27.9 Å². The van der Waals surface area contributed by atoms with Crippen LogP contribution >= 0.6 is 57.6 Å². The lowest BCUT2D eigenvalue weighted by atomic mass is 10.2. The van der Waals surface area contributed by atoms with E-state index >= 15 is 0 Å². The predicted molar refractivity (Wildman–Crippen MR) is 148 cm³/mol. The van der Waals surface area contributed by atoms with Crippen molar-refractivity contribution in [2.75, 3.05) is 11.9 Å². The number of carbonyl (C=O) groups is 3. The van der Waals surface area contributed by atoms with Crippen LogP contribution in [0.3, 0.4) is 0 Å². The van der Waals surface area contributed by atoms with Crippen molar-refractivity contribution in [1.82, 2.24) is 4.90 Å². The van der Waals surface area contributed by atoms with Crippen LogP contribution in [0.4, 0.5) is 10.5 Å². The summed E-state index contributed by atoms with van der Waals surface area (Å²) in [7, 11) is 0. The molecular weight excluding hydrogens is 622 g/mol. The molecule has 3 aromatic rings. The number of ether oxygens (including phenoxy) is 1. The van der Waals surface area contributed by atoms with Crippen molar-refractivity contribution in [2.45, 2.75) is 6.61 Å². The lowest BCUT2D eigenvalue weighted by molar-refractivity contribution is -0.127. The average molecular weight is 639 g/mol. The standard InChI is InChI=1S/C25H17Cl2IN2O4S/c26-17-6-2-1-5-16(17)14-34-21-10-9-15(11-19(21)28)12-22-24(32)30(25(33)35-22)13-23(31)29-20-8-4-3-7-18(20)27/h1-12H,13-14H2,(H,29,31)/b22-12+. The third-order valence-corrected chi connectivity index (χ3v) is 7.37. The van der Waals surface area contributed by atoms with Crippen molar-refractivity contribution in [3.63, 3.8) is 0 Å². The predicted octanol–water partition coefficient (Wildman–Crippen LogP) is 6.85. The molecule has 10 heteroatoms. The first kappa shape index (κ1) is 25.6. The van der Waals surface area contributed by atoms with E-state index in [-0.39, 0.29) is 4.91 Å². The van der Waals surface area contributed by atoms with Crippen LogP contribution < -0.4 is 10.1 Å². The van der Waals surface area contributed by atoms with Crippen molar-refractivity contribution in [3.8, 4) is 5.75 Å². The largest absolute Gasteiger partial charge is 0.488 e. The van der Waals surface area contributed by atoms with E-state index in [1.807, 2.05) is 30.3 Å². The van der Waals surface area contributed by atoms with Crippen molar-refractivity contribution >= 4 is 86.4 Å². The summed E-state index contributed by atoms with van der Waals surface area (Å²) in [5, 5.41) is 3.10. The highest BCUT2D eigenvalue weighted by molar-refractivity contribution is 14.1. The Bertz CT molecular complexity index is 1350. The summed E-state index contributed by atoms with van der Waals surface area (Å²) >= 11 is 15.2. The Balaban J connectivity index is 1.41. The van der Waals surface area contributed by atoms with Crippen LogP contribution in [0, 0.1) is 3.57 Å². The first-order valence-corrected chi connectivity index (χ1v) is 12.9. The number of carbonyl (C=O) groups excluding carboxylic acids is 3. The van der Waals surface area contributed by atoms with Crippen LogP contribution in [-0.4, -0.2) is 28.5 Å². The van der Waals surface area contributed by atoms with Crippen molar-refractivity contribution in [1.29, 1.82) is 0 Å².